The molecule has 1 amide bonds. The van der Waals surface area contributed by atoms with Crippen molar-refractivity contribution in [1.82, 2.24) is 20.2 Å². The molecule has 2 aliphatic rings. The second-order valence-corrected chi connectivity index (χ2v) is 7.10. The highest BCUT2D eigenvalue weighted by Crippen LogP contribution is 2.25. The third-order valence-corrected chi connectivity index (χ3v) is 5.12. The summed E-state index contributed by atoms with van der Waals surface area (Å²) in [4.78, 5) is 26.8. The fraction of sp³-hybridized carbons (Fsp3) is 0.706. The Morgan fingerprint density at radius 3 is 2.24 bits per heavy atom. The molecule has 0 bridgehead atoms. The highest BCUT2D eigenvalue weighted by molar-refractivity contribution is 5.72. The highest BCUT2D eigenvalue weighted by Gasteiger charge is 2.22. The quantitative estimate of drug-likeness (QED) is 0.802. The lowest BCUT2D eigenvalue weighted by Crippen LogP contribution is -2.45. The number of carbonyl (C=O) groups is 1. The molecule has 0 aliphatic carbocycles. The number of rotatable bonds is 4. The summed E-state index contributed by atoms with van der Waals surface area (Å²) in [6.45, 7) is 8.20. The first kappa shape index (κ1) is 17.7. The zero-order valence-electron chi connectivity index (χ0n) is 15.2. The molecule has 0 radical (unpaired) electrons. The van der Waals surface area contributed by atoms with E-state index in [4.69, 9.17) is 5.73 Å². The number of piperazine rings is 1. The molecule has 2 aliphatic heterocycles. The van der Waals surface area contributed by atoms with Crippen LogP contribution in [0.5, 0.6) is 0 Å². The lowest BCUT2D eigenvalue weighted by Gasteiger charge is -2.35. The molecule has 8 heteroatoms. The molecule has 0 aromatic carbocycles. The predicted octanol–water partition coefficient (Wildman–Crippen LogP) is 0.163. The summed E-state index contributed by atoms with van der Waals surface area (Å²) >= 11 is 0. The normalized spacial score (nSPS) is 19.9. The van der Waals surface area contributed by atoms with Gasteiger partial charge in [0.25, 0.3) is 0 Å². The van der Waals surface area contributed by atoms with Crippen molar-refractivity contribution in [2.45, 2.75) is 19.8 Å². The maximum Gasteiger partial charge on any atom is 0.223 e. The molecule has 0 saturated carbocycles. The Bertz CT molecular complexity index is 593. The predicted molar refractivity (Wildman–Crippen MR) is 99.8 cm³/mol. The molecule has 25 heavy (non-hydrogen) atoms. The number of carbonyl (C=O) groups excluding carboxylic acids is 1. The van der Waals surface area contributed by atoms with Crippen molar-refractivity contribution in [3.63, 3.8) is 0 Å². The van der Waals surface area contributed by atoms with E-state index in [1.54, 1.807) is 6.92 Å². The van der Waals surface area contributed by atoms with Crippen molar-refractivity contribution in [3.05, 3.63) is 6.07 Å². The van der Waals surface area contributed by atoms with Crippen molar-refractivity contribution in [1.29, 1.82) is 0 Å². The van der Waals surface area contributed by atoms with Crippen LogP contribution in [0.1, 0.15) is 19.8 Å². The van der Waals surface area contributed by atoms with Gasteiger partial charge in [-0.05, 0) is 25.8 Å². The molecule has 138 valence electrons. The van der Waals surface area contributed by atoms with E-state index in [0.717, 1.165) is 70.3 Å². The third-order valence-electron chi connectivity index (χ3n) is 5.12. The molecule has 0 atom stereocenters. The molecule has 3 rings (SSSR count). The molecule has 3 N–H and O–H groups in total. The van der Waals surface area contributed by atoms with Crippen LogP contribution in [0, 0.1) is 5.92 Å². The van der Waals surface area contributed by atoms with Crippen molar-refractivity contribution < 1.29 is 4.79 Å². The Labute approximate surface area is 149 Å². The van der Waals surface area contributed by atoms with Gasteiger partial charge in [0.05, 0.1) is 0 Å². The Hall–Kier alpha value is -2.09. The minimum absolute atomic E-state index is 0.0443. The van der Waals surface area contributed by atoms with Crippen LogP contribution in [-0.4, -0.2) is 73.6 Å². The second-order valence-electron chi connectivity index (χ2n) is 7.10. The van der Waals surface area contributed by atoms with Crippen molar-refractivity contribution in [3.8, 4) is 0 Å². The van der Waals surface area contributed by atoms with Crippen LogP contribution in [0.3, 0.4) is 0 Å². The fourth-order valence-electron chi connectivity index (χ4n) is 3.45. The number of nitrogen functional groups attached to an aromatic ring is 1. The molecule has 0 unspecified atom stereocenters. The number of amides is 1. The maximum absolute atomic E-state index is 11.1. The largest absolute Gasteiger partial charge is 0.368 e. The smallest absolute Gasteiger partial charge is 0.223 e. The fourth-order valence-corrected chi connectivity index (χ4v) is 3.45. The first-order valence-corrected chi connectivity index (χ1v) is 9.08. The van der Waals surface area contributed by atoms with E-state index in [2.05, 4.69) is 43.1 Å². The number of likely N-dealkylation sites (N-methyl/N-ethyl adjacent to an activating group) is 1. The summed E-state index contributed by atoms with van der Waals surface area (Å²) < 4.78 is 0. The molecular weight excluding hydrogens is 318 g/mol. The Morgan fingerprint density at radius 1 is 1.12 bits per heavy atom. The van der Waals surface area contributed by atoms with Crippen LogP contribution < -0.4 is 20.9 Å². The summed E-state index contributed by atoms with van der Waals surface area (Å²) in [5, 5.41) is 2.92. The number of hydrogen-bond donors (Lipinski definition) is 2. The first-order valence-electron chi connectivity index (χ1n) is 9.08. The minimum Gasteiger partial charge on any atom is -0.368 e. The standard InChI is InChI=1S/C17H29N7O/c1-13(25)19-12-14-3-5-23(6-4-14)15-11-16(21-17(18)20-15)24-9-7-22(2)8-10-24/h11,14H,3-10,12H2,1-2H3,(H,19,25)(H2,18,20,21). The summed E-state index contributed by atoms with van der Waals surface area (Å²) in [6, 6.07) is 2.07. The number of nitrogens with zero attached hydrogens (tertiary/aromatic N) is 5. The summed E-state index contributed by atoms with van der Waals surface area (Å²) in [7, 11) is 2.14. The third kappa shape index (κ3) is 4.72. The zero-order chi connectivity index (χ0) is 17.8. The Kier molecular flexibility index (Phi) is 5.57. The second kappa shape index (κ2) is 7.86. The molecule has 8 nitrogen and oxygen atoms in total. The summed E-state index contributed by atoms with van der Waals surface area (Å²) in [5.41, 5.74) is 5.97. The number of aromatic nitrogens is 2. The van der Waals surface area contributed by atoms with Crippen LogP contribution in [-0.2, 0) is 4.79 Å². The number of nitrogens with one attached hydrogen (secondary N) is 1. The maximum atomic E-state index is 11.1. The van der Waals surface area contributed by atoms with Crippen molar-refractivity contribution in [2.24, 2.45) is 5.92 Å². The van der Waals surface area contributed by atoms with E-state index >= 15 is 0 Å². The van der Waals surface area contributed by atoms with E-state index in [0.29, 0.717) is 11.9 Å². The molecule has 2 fully saturated rings. The van der Waals surface area contributed by atoms with Crippen molar-refractivity contribution >= 4 is 23.5 Å². The topological polar surface area (TPSA) is 90.6 Å². The van der Waals surface area contributed by atoms with Gasteiger partial charge in [-0.15, -0.1) is 0 Å². The van der Waals surface area contributed by atoms with Crippen LogP contribution in [0.4, 0.5) is 17.6 Å². The van der Waals surface area contributed by atoms with Gasteiger partial charge < -0.3 is 25.8 Å². The summed E-state index contributed by atoms with van der Waals surface area (Å²) in [5.74, 6) is 2.77. The lowest BCUT2D eigenvalue weighted by atomic mass is 9.97. The molecule has 3 heterocycles. The average molecular weight is 347 g/mol. The van der Waals surface area contributed by atoms with Gasteiger partial charge in [0, 0.05) is 58.8 Å². The molecular formula is C17H29N7O. The van der Waals surface area contributed by atoms with Gasteiger partial charge in [0.2, 0.25) is 11.9 Å². The zero-order valence-corrected chi connectivity index (χ0v) is 15.2. The summed E-state index contributed by atoms with van der Waals surface area (Å²) in [6.07, 6.45) is 2.10. The Balaban J connectivity index is 1.62. The van der Waals surface area contributed by atoms with E-state index < -0.39 is 0 Å². The van der Waals surface area contributed by atoms with Gasteiger partial charge in [0.15, 0.2) is 0 Å². The van der Waals surface area contributed by atoms with E-state index in [-0.39, 0.29) is 5.91 Å². The van der Waals surface area contributed by atoms with Crippen LogP contribution in [0.2, 0.25) is 0 Å². The van der Waals surface area contributed by atoms with Gasteiger partial charge in [-0.2, -0.15) is 9.97 Å². The number of piperidine rings is 1. The lowest BCUT2D eigenvalue weighted by molar-refractivity contribution is -0.119. The van der Waals surface area contributed by atoms with Crippen LogP contribution in [0.15, 0.2) is 6.07 Å². The number of hydrogen-bond acceptors (Lipinski definition) is 7. The van der Waals surface area contributed by atoms with Crippen LogP contribution >= 0.6 is 0 Å². The minimum atomic E-state index is 0.0443. The Morgan fingerprint density at radius 2 is 1.68 bits per heavy atom. The van der Waals surface area contributed by atoms with Gasteiger partial charge in [0.1, 0.15) is 11.6 Å². The van der Waals surface area contributed by atoms with E-state index in [9.17, 15) is 4.79 Å². The molecule has 0 spiro atoms. The number of anilines is 3. The van der Waals surface area contributed by atoms with E-state index in [1.807, 2.05) is 0 Å². The molecule has 2 saturated heterocycles. The van der Waals surface area contributed by atoms with Gasteiger partial charge in [-0.3, -0.25) is 4.79 Å². The number of nitrogens with two attached hydrogens (primary N) is 1. The van der Waals surface area contributed by atoms with Gasteiger partial charge in [-0.1, -0.05) is 0 Å². The SMILES string of the molecule is CC(=O)NCC1CCN(c2cc(N3CCN(C)CC3)nc(N)n2)CC1. The van der Waals surface area contributed by atoms with Gasteiger partial charge in [-0.25, -0.2) is 0 Å². The first-order chi connectivity index (χ1) is 12.0. The van der Waals surface area contributed by atoms with Crippen molar-refractivity contribution in [2.75, 3.05) is 68.4 Å². The molecule has 1 aromatic heterocycles. The highest BCUT2D eigenvalue weighted by atomic mass is 16.1. The van der Waals surface area contributed by atoms with E-state index in [1.165, 1.54) is 0 Å². The monoisotopic (exact) mass is 347 g/mol. The van der Waals surface area contributed by atoms with Crippen LogP contribution in [0.25, 0.3) is 0 Å². The van der Waals surface area contributed by atoms with Gasteiger partial charge >= 0.3 is 0 Å². The average Bonchev–Trinajstić information content (AvgIpc) is 2.60. The molecule has 1 aromatic rings.